The zero-order valence-corrected chi connectivity index (χ0v) is 12.1. The Hall–Kier alpha value is -1.96. The van der Waals surface area contributed by atoms with Crippen molar-refractivity contribution in [3.8, 4) is 0 Å². The molecule has 19 heavy (non-hydrogen) atoms. The summed E-state index contributed by atoms with van der Waals surface area (Å²) in [5.74, 6) is 0. The van der Waals surface area contributed by atoms with Crippen molar-refractivity contribution in [3.05, 3.63) is 59.4 Å². The van der Waals surface area contributed by atoms with Gasteiger partial charge in [0.15, 0.2) is 0 Å². The molecule has 0 aliphatic carbocycles. The van der Waals surface area contributed by atoms with E-state index in [1.807, 2.05) is 38.6 Å². The fourth-order valence-electron chi connectivity index (χ4n) is 1.55. The van der Waals surface area contributed by atoms with E-state index in [9.17, 15) is 0 Å². The van der Waals surface area contributed by atoms with Gasteiger partial charge < -0.3 is 0 Å². The van der Waals surface area contributed by atoms with Crippen molar-refractivity contribution < 1.29 is 0 Å². The molecule has 1 rings (SSSR count). The summed E-state index contributed by atoms with van der Waals surface area (Å²) in [6.45, 7) is 10.9. The van der Waals surface area contributed by atoms with E-state index in [1.54, 1.807) is 0 Å². The first-order valence-electron chi connectivity index (χ1n) is 6.58. The van der Waals surface area contributed by atoms with Crippen LogP contribution in [0.15, 0.2) is 69.4 Å². The van der Waals surface area contributed by atoms with Crippen molar-refractivity contribution in [1.82, 2.24) is 0 Å². The molecule has 0 aromatic carbocycles. The molecule has 0 saturated heterocycles. The van der Waals surface area contributed by atoms with Gasteiger partial charge in [-0.1, -0.05) is 30.9 Å². The van der Waals surface area contributed by atoms with Gasteiger partial charge >= 0.3 is 0 Å². The van der Waals surface area contributed by atoms with Crippen molar-refractivity contribution >= 4 is 12.4 Å². The smallest absolute Gasteiger partial charge is 0.0361 e. The van der Waals surface area contributed by atoms with Crippen LogP contribution in [0.25, 0.3) is 0 Å². The molecular weight excluding hydrogens is 232 g/mol. The van der Waals surface area contributed by atoms with Gasteiger partial charge in [0.05, 0.1) is 0 Å². The van der Waals surface area contributed by atoms with E-state index in [-0.39, 0.29) is 0 Å². The largest absolute Gasteiger partial charge is 0.293 e. The summed E-state index contributed by atoms with van der Waals surface area (Å²) in [5.41, 5.74) is 4.43. The fraction of sp³-hybridized carbons (Fsp3) is 0.294. The molecule has 0 atom stereocenters. The van der Waals surface area contributed by atoms with Crippen molar-refractivity contribution in [2.24, 2.45) is 9.98 Å². The monoisotopic (exact) mass is 254 g/mol. The lowest BCUT2D eigenvalue weighted by Crippen LogP contribution is -1.89. The van der Waals surface area contributed by atoms with Crippen LogP contribution in [0.3, 0.4) is 0 Å². The van der Waals surface area contributed by atoms with E-state index in [1.165, 1.54) is 5.57 Å². The van der Waals surface area contributed by atoms with Gasteiger partial charge in [0.25, 0.3) is 0 Å². The second-order valence-corrected chi connectivity index (χ2v) is 4.44. The Balaban J connectivity index is 2.90. The molecule has 1 aliphatic heterocycles. The first kappa shape index (κ1) is 15.1. The molecule has 0 saturated carbocycles. The van der Waals surface area contributed by atoms with E-state index >= 15 is 0 Å². The Labute approximate surface area is 116 Å². The Morgan fingerprint density at radius 3 is 2.89 bits per heavy atom. The maximum Gasteiger partial charge on any atom is 0.0361 e. The van der Waals surface area contributed by atoms with E-state index in [0.717, 1.165) is 29.7 Å². The summed E-state index contributed by atoms with van der Waals surface area (Å²) in [6.07, 6.45) is 14.9. The molecule has 0 fully saturated rings. The van der Waals surface area contributed by atoms with Crippen LogP contribution in [-0.4, -0.2) is 19.0 Å². The Kier molecular flexibility index (Phi) is 6.51. The lowest BCUT2D eigenvalue weighted by Gasteiger charge is -2.01. The first-order chi connectivity index (χ1) is 9.15. The average molecular weight is 254 g/mol. The topological polar surface area (TPSA) is 24.7 Å². The molecule has 0 radical (unpaired) electrons. The van der Waals surface area contributed by atoms with Crippen LogP contribution in [0.4, 0.5) is 0 Å². The molecule has 2 nitrogen and oxygen atoms in total. The molecular formula is C17H22N2. The molecule has 0 aromatic rings. The number of nitrogens with zero attached hydrogens (tertiary/aromatic N) is 2. The van der Waals surface area contributed by atoms with Crippen LogP contribution in [0.1, 0.15) is 27.2 Å². The number of aliphatic imine (C=N–C) groups is 2. The van der Waals surface area contributed by atoms with Crippen molar-refractivity contribution in [1.29, 1.82) is 0 Å². The third kappa shape index (κ3) is 5.47. The van der Waals surface area contributed by atoms with Crippen molar-refractivity contribution in [2.75, 3.05) is 6.54 Å². The number of rotatable bonds is 5. The number of hydrogen-bond acceptors (Lipinski definition) is 2. The van der Waals surface area contributed by atoms with E-state index in [4.69, 9.17) is 0 Å². The normalized spacial score (nSPS) is 16.7. The van der Waals surface area contributed by atoms with Crippen LogP contribution >= 0.6 is 0 Å². The molecule has 0 N–H and O–H groups in total. The molecule has 0 spiro atoms. The minimum atomic E-state index is 0.788. The molecule has 1 aliphatic rings. The zero-order valence-electron chi connectivity index (χ0n) is 12.1. The SMILES string of the molecule is C=C(C)C(/C=N\CC)=C\C=C(/C)C1=CCC=CN=C1. The predicted octanol–water partition coefficient (Wildman–Crippen LogP) is 4.44. The van der Waals surface area contributed by atoms with Gasteiger partial charge in [-0.05, 0) is 49.5 Å². The maximum atomic E-state index is 4.26. The highest BCUT2D eigenvalue weighted by molar-refractivity contribution is 5.86. The summed E-state index contributed by atoms with van der Waals surface area (Å²) in [6, 6.07) is 0. The Morgan fingerprint density at radius 1 is 1.42 bits per heavy atom. The maximum absolute atomic E-state index is 4.26. The molecule has 0 bridgehead atoms. The van der Waals surface area contributed by atoms with Gasteiger partial charge in [-0.25, -0.2) is 0 Å². The summed E-state index contributed by atoms with van der Waals surface area (Å²) in [5, 5.41) is 0. The van der Waals surface area contributed by atoms with Crippen LogP contribution in [0.5, 0.6) is 0 Å². The molecule has 100 valence electrons. The molecule has 0 unspecified atom stereocenters. The van der Waals surface area contributed by atoms with Crippen molar-refractivity contribution in [2.45, 2.75) is 27.2 Å². The van der Waals surface area contributed by atoms with Gasteiger partial charge in [-0.2, -0.15) is 0 Å². The van der Waals surface area contributed by atoms with Crippen molar-refractivity contribution in [3.63, 3.8) is 0 Å². The van der Waals surface area contributed by atoms with Gasteiger partial charge in [0.1, 0.15) is 0 Å². The highest BCUT2D eigenvalue weighted by atomic mass is 14.7. The molecule has 2 heteroatoms. The van der Waals surface area contributed by atoms with Crippen LogP contribution in [-0.2, 0) is 0 Å². The van der Waals surface area contributed by atoms with Gasteiger partial charge in [-0.15, -0.1) is 0 Å². The van der Waals surface area contributed by atoms with E-state index in [2.05, 4.69) is 41.7 Å². The summed E-state index contributed by atoms with van der Waals surface area (Å²) in [4.78, 5) is 8.47. The van der Waals surface area contributed by atoms with E-state index < -0.39 is 0 Å². The minimum absolute atomic E-state index is 0.788. The molecule has 0 amide bonds. The van der Waals surface area contributed by atoms with Gasteiger partial charge in [0.2, 0.25) is 0 Å². The summed E-state index contributed by atoms with van der Waals surface area (Å²) in [7, 11) is 0. The summed E-state index contributed by atoms with van der Waals surface area (Å²) >= 11 is 0. The lowest BCUT2D eigenvalue weighted by molar-refractivity contribution is 1.14. The molecule has 0 aromatic heterocycles. The standard InChI is InChI=1S/C17H22N2/c1-5-18-12-16(14(2)3)10-9-15(4)17-8-6-7-11-19-13-17/h7-13H,2,5-6H2,1,3-4H3/b15-9+,16-10-,18-12-. The predicted molar refractivity (Wildman–Crippen MR) is 86.0 cm³/mol. The Bertz CT molecular complexity index is 497. The molecule has 1 heterocycles. The fourth-order valence-corrected chi connectivity index (χ4v) is 1.55. The van der Waals surface area contributed by atoms with E-state index in [0.29, 0.717) is 0 Å². The lowest BCUT2D eigenvalue weighted by atomic mass is 10.0. The van der Waals surface area contributed by atoms with Gasteiger partial charge in [-0.3, -0.25) is 9.98 Å². The summed E-state index contributed by atoms with van der Waals surface area (Å²) < 4.78 is 0. The quantitative estimate of drug-likeness (QED) is 0.512. The second kappa shape index (κ2) is 8.20. The third-order valence-electron chi connectivity index (χ3n) is 2.75. The average Bonchev–Trinajstić information content (AvgIpc) is 2.67. The highest BCUT2D eigenvalue weighted by Crippen LogP contribution is 2.13. The highest BCUT2D eigenvalue weighted by Gasteiger charge is 1.98. The Morgan fingerprint density at radius 2 is 2.21 bits per heavy atom. The van der Waals surface area contributed by atoms with Crippen LogP contribution in [0, 0.1) is 0 Å². The van der Waals surface area contributed by atoms with Crippen LogP contribution < -0.4 is 0 Å². The zero-order chi connectivity index (χ0) is 14.1. The number of allylic oxidation sites excluding steroid dienone is 8. The number of hydrogen-bond donors (Lipinski definition) is 0. The van der Waals surface area contributed by atoms with Gasteiger partial charge in [0, 0.05) is 25.2 Å². The third-order valence-corrected chi connectivity index (χ3v) is 2.75. The second-order valence-electron chi connectivity index (χ2n) is 4.44. The van der Waals surface area contributed by atoms with Crippen LogP contribution in [0.2, 0.25) is 0 Å². The minimum Gasteiger partial charge on any atom is -0.293 e. The first-order valence-corrected chi connectivity index (χ1v) is 6.58.